The summed E-state index contributed by atoms with van der Waals surface area (Å²) in [5.74, 6) is 0.134. The SMILES string of the molecule is O=C(Oc1ccc2oc3ccccc3c2c1)C1CCN(C(=O)c2cccs2)CC1. The number of carbonyl (C=O) groups excluding carboxylic acids is 2. The van der Waals surface area contributed by atoms with Crippen LogP contribution in [-0.2, 0) is 4.79 Å². The molecular formula is C23H19NO4S. The quantitative estimate of drug-likeness (QED) is 0.351. The van der Waals surface area contributed by atoms with Crippen molar-refractivity contribution in [1.29, 1.82) is 0 Å². The summed E-state index contributed by atoms with van der Waals surface area (Å²) >= 11 is 1.45. The summed E-state index contributed by atoms with van der Waals surface area (Å²) in [4.78, 5) is 27.7. The van der Waals surface area contributed by atoms with Crippen molar-refractivity contribution >= 4 is 45.2 Å². The summed E-state index contributed by atoms with van der Waals surface area (Å²) in [7, 11) is 0. The maximum absolute atomic E-state index is 12.7. The van der Waals surface area contributed by atoms with E-state index < -0.39 is 0 Å². The van der Waals surface area contributed by atoms with Crippen LogP contribution in [0.1, 0.15) is 22.5 Å². The van der Waals surface area contributed by atoms with Crippen LogP contribution in [-0.4, -0.2) is 29.9 Å². The van der Waals surface area contributed by atoms with Crippen molar-refractivity contribution in [3.63, 3.8) is 0 Å². The van der Waals surface area contributed by atoms with Gasteiger partial charge in [-0.2, -0.15) is 0 Å². The molecule has 1 fully saturated rings. The number of rotatable bonds is 3. The molecule has 2 aromatic heterocycles. The zero-order valence-electron chi connectivity index (χ0n) is 15.7. The Hall–Kier alpha value is -3.12. The van der Waals surface area contributed by atoms with Crippen LogP contribution in [0, 0.1) is 5.92 Å². The van der Waals surface area contributed by atoms with Crippen molar-refractivity contribution in [2.75, 3.05) is 13.1 Å². The number of esters is 1. The summed E-state index contributed by atoms with van der Waals surface area (Å²) in [6.45, 7) is 1.14. The van der Waals surface area contributed by atoms with E-state index in [2.05, 4.69) is 0 Å². The summed E-state index contributed by atoms with van der Waals surface area (Å²) in [6.07, 6.45) is 1.24. The molecule has 5 rings (SSSR count). The Morgan fingerprint density at radius 2 is 1.76 bits per heavy atom. The van der Waals surface area contributed by atoms with Crippen LogP contribution >= 0.6 is 11.3 Å². The van der Waals surface area contributed by atoms with Gasteiger partial charge in [-0.05, 0) is 48.6 Å². The average Bonchev–Trinajstić information content (AvgIpc) is 3.41. The van der Waals surface area contributed by atoms with E-state index in [1.54, 1.807) is 6.07 Å². The van der Waals surface area contributed by atoms with Crippen LogP contribution in [0.5, 0.6) is 5.75 Å². The molecule has 1 aliphatic rings. The molecule has 146 valence electrons. The highest BCUT2D eigenvalue weighted by Crippen LogP contribution is 2.32. The number of furan rings is 1. The molecule has 0 aliphatic carbocycles. The number of hydrogen-bond donors (Lipinski definition) is 0. The Morgan fingerprint density at radius 3 is 2.55 bits per heavy atom. The number of hydrogen-bond acceptors (Lipinski definition) is 5. The molecule has 1 aliphatic heterocycles. The highest BCUT2D eigenvalue weighted by molar-refractivity contribution is 7.12. The maximum Gasteiger partial charge on any atom is 0.314 e. The Morgan fingerprint density at radius 1 is 0.966 bits per heavy atom. The Kier molecular flexibility index (Phi) is 4.56. The van der Waals surface area contributed by atoms with E-state index in [1.807, 2.05) is 58.8 Å². The Bertz CT molecular complexity index is 1190. The van der Waals surface area contributed by atoms with Gasteiger partial charge in [0.2, 0.25) is 0 Å². The zero-order chi connectivity index (χ0) is 19.8. The lowest BCUT2D eigenvalue weighted by Gasteiger charge is -2.30. The third-order valence-electron chi connectivity index (χ3n) is 5.41. The van der Waals surface area contributed by atoms with Crippen LogP contribution in [0.2, 0.25) is 0 Å². The van der Waals surface area contributed by atoms with Gasteiger partial charge < -0.3 is 14.1 Å². The third-order valence-corrected chi connectivity index (χ3v) is 6.27. The number of likely N-dealkylation sites (tertiary alicyclic amines) is 1. The highest BCUT2D eigenvalue weighted by Gasteiger charge is 2.29. The average molecular weight is 405 g/mol. The lowest BCUT2D eigenvalue weighted by atomic mass is 9.97. The topological polar surface area (TPSA) is 59.8 Å². The van der Waals surface area contributed by atoms with Gasteiger partial charge in [-0.1, -0.05) is 24.3 Å². The lowest BCUT2D eigenvalue weighted by Crippen LogP contribution is -2.40. The number of benzene rings is 2. The van der Waals surface area contributed by atoms with Gasteiger partial charge >= 0.3 is 5.97 Å². The van der Waals surface area contributed by atoms with E-state index in [0.717, 1.165) is 26.8 Å². The molecule has 1 amide bonds. The van der Waals surface area contributed by atoms with Gasteiger partial charge in [0.15, 0.2) is 0 Å². The van der Waals surface area contributed by atoms with Crippen LogP contribution in [0.4, 0.5) is 0 Å². The summed E-state index contributed by atoms with van der Waals surface area (Å²) in [6, 6.07) is 17.0. The first kappa shape index (κ1) is 17.9. The molecule has 29 heavy (non-hydrogen) atoms. The number of para-hydroxylation sites is 1. The monoisotopic (exact) mass is 405 g/mol. The molecule has 0 atom stereocenters. The number of nitrogens with zero attached hydrogens (tertiary/aromatic N) is 1. The van der Waals surface area contributed by atoms with E-state index in [1.165, 1.54) is 11.3 Å². The van der Waals surface area contributed by atoms with E-state index >= 15 is 0 Å². The van der Waals surface area contributed by atoms with Crippen molar-refractivity contribution in [2.24, 2.45) is 5.92 Å². The fourth-order valence-electron chi connectivity index (χ4n) is 3.84. The normalized spacial score (nSPS) is 15.1. The first-order valence-corrected chi connectivity index (χ1v) is 10.5. The molecule has 3 heterocycles. The lowest BCUT2D eigenvalue weighted by molar-refractivity contribution is -0.140. The van der Waals surface area contributed by atoms with E-state index in [4.69, 9.17) is 9.15 Å². The van der Waals surface area contributed by atoms with Gasteiger partial charge in [-0.25, -0.2) is 0 Å². The van der Waals surface area contributed by atoms with Gasteiger partial charge in [0.1, 0.15) is 16.9 Å². The minimum absolute atomic E-state index is 0.0455. The van der Waals surface area contributed by atoms with Gasteiger partial charge in [0.05, 0.1) is 10.8 Å². The number of piperidine rings is 1. The number of thiophene rings is 1. The molecule has 0 radical (unpaired) electrons. The number of carbonyl (C=O) groups is 2. The molecule has 0 saturated carbocycles. The summed E-state index contributed by atoms with van der Waals surface area (Å²) in [5.41, 5.74) is 1.58. The Labute approximate surface area is 171 Å². The fraction of sp³-hybridized carbons (Fsp3) is 0.217. The minimum Gasteiger partial charge on any atom is -0.456 e. The van der Waals surface area contributed by atoms with Gasteiger partial charge in [0, 0.05) is 23.9 Å². The van der Waals surface area contributed by atoms with Crippen molar-refractivity contribution in [3.8, 4) is 5.75 Å². The summed E-state index contributed by atoms with van der Waals surface area (Å²) in [5, 5.41) is 3.83. The van der Waals surface area contributed by atoms with E-state index in [-0.39, 0.29) is 17.8 Å². The smallest absolute Gasteiger partial charge is 0.314 e. The maximum atomic E-state index is 12.7. The van der Waals surface area contributed by atoms with Crippen molar-refractivity contribution in [3.05, 3.63) is 64.9 Å². The van der Waals surface area contributed by atoms with Crippen molar-refractivity contribution < 1.29 is 18.7 Å². The minimum atomic E-state index is -0.236. The molecule has 4 aromatic rings. The van der Waals surface area contributed by atoms with Crippen LogP contribution in [0.25, 0.3) is 21.9 Å². The van der Waals surface area contributed by atoms with Gasteiger partial charge in [-0.3, -0.25) is 9.59 Å². The van der Waals surface area contributed by atoms with Crippen LogP contribution < -0.4 is 4.74 Å². The molecule has 6 heteroatoms. The van der Waals surface area contributed by atoms with Crippen molar-refractivity contribution in [2.45, 2.75) is 12.8 Å². The van der Waals surface area contributed by atoms with E-state index in [0.29, 0.717) is 31.7 Å². The van der Waals surface area contributed by atoms with Gasteiger partial charge in [-0.15, -0.1) is 11.3 Å². The third kappa shape index (κ3) is 3.40. The van der Waals surface area contributed by atoms with E-state index in [9.17, 15) is 9.59 Å². The highest BCUT2D eigenvalue weighted by atomic mass is 32.1. The first-order chi connectivity index (χ1) is 14.2. The second kappa shape index (κ2) is 7.37. The van der Waals surface area contributed by atoms with Crippen LogP contribution in [0.3, 0.4) is 0 Å². The molecule has 5 nitrogen and oxygen atoms in total. The number of fused-ring (bicyclic) bond motifs is 3. The predicted molar refractivity (Wildman–Crippen MR) is 112 cm³/mol. The number of ether oxygens (including phenoxy) is 1. The van der Waals surface area contributed by atoms with Crippen LogP contribution in [0.15, 0.2) is 64.4 Å². The van der Waals surface area contributed by atoms with Crippen molar-refractivity contribution in [1.82, 2.24) is 4.90 Å². The molecule has 0 N–H and O–H groups in total. The Balaban J connectivity index is 1.26. The zero-order valence-corrected chi connectivity index (χ0v) is 16.5. The summed E-state index contributed by atoms with van der Waals surface area (Å²) < 4.78 is 11.5. The second-order valence-electron chi connectivity index (χ2n) is 7.22. The predicted octanol–water partition coefficient (Wildman–Crippen LogP) is 5.11. The molecule has 2 aromatic carbocycles. The van der Waals surface area contributed by atoms with Gasteiger partial charge in [0.25, 0.3) is 5.91 Å². The molecule has 0 spiro atoms. The largest absolute Gasteiger partial charge is 0.456 e. The molecule has 0 bridgehead atoms. The molecule has 1 saturated heterocycles. The first-order valence-electron chi connectivity index (χ1n) is 9.65. The number of amides is 1. The fourth-order valence-corrected chi connectivity index (χ4v) is 4.53. The molecular weight excluding hydrogens is 386 g/mol. The molecule has 0 unspecified atom stereocenters. The standard InChI is InChI=1S/C23H19NO4S/c25-22(21-6-3-13-29-21)24-11-9-15(10-12-24)23(26)27-16-7-8-20-18(14-16)17-4-1-2-5-19(17)28-20/h1-8,13-15H,9-12H2. The second-order valence-corrected chi connectivity index (χ2v) is 8.17.